The van der Waals surface area contributed by atoms with Crippen molar-refractivity contribution in [2.45, 2.75) is 33.6 Å². The van der Waals surface area contributed by atoms with Crippen LogP contribution in [0.1, 0.15) is 29.1 Å². The first-order valence-corrected chi connectivity index (χ1v) is 8.35. The fraction of sp³-hybridized carbons (Fsp3) is 0.316. The highest BCUT2D eigenvalue weighted by Crippen LogP contribution is 2.17. The highest BCUT2D eigenvalue weighted by atomic mass is 16.1. The standard InChI is InChI=1S/C19H23N5O/c1-13-10-14(2)24(21-13)18-7-5-6-17(11-18)20-19(25)9-8-16-12-23(4)22-15(16)3/h5-7,10-12H,8-9H2,1-4H3,(H,20,25). The predicted molar refractivity (Wildman–Crippen MR) is 97.9 cm³/mol. The number of benzene rings is 1. The van der Waals surface area contributed by atoms with Gasteiger partial charge in [0.15, 0.2) is 0 Å². The summed E-state index contributed by atoms with van der Waals surface area (Å²) >= 11 is 0. The lowest BCUT2D eigenvalue weighted by Gasteiger charge is -2.09. The number of carbonyl (C=O) groups excluding carboxylic acids is 1. The third kappa shape index (κ3) is 3.96. The van der Waals surface area contributed by atoms with Crippen LogP contribution in [0.2, 0.25) is 0 Å². The molecule has 1 N–H and O–H groups in total. The van der Waals surface area contributed by atoms with E-state index in [-0.39, 0.29) is 5.91 Å². The van der Waals surface area contributed by atoms with Gasteiger partial charge in [0.1, 0.15) is 0 Å². The van der Waals surface area contributed by atoms with E-state index in [1.54, 1.807) is 4.68 Å². The van der Waals surface area contributed by atoms with Crippen LogP contribution in [-0.4, -0.2) is 25.5 Å². The van der Waals surface area contributed by atoms with Gasteiger partial charge in [-0.1, -0.05) is 6.07 Å². The molecule has 0 fully saturated rings. The summed E-state index contributed by atoms with van der Waals surface area (Å²) in [4.78, 5) is 12.3. The van der Waals surface area contributed by atoms with Crippen LogP contribution in [0.5, 0.6) is 0 Å². The highest BCUT2D eigenvalue weighted by Gasteiger charge is 2.09. The number of aryl methyl sites for hydroxylation is 5. The number of hydrogen-bond donors (Lipinski definition) is 1. The van der Waals surface area contributed by atoms with E-state index in [2.05, 4.69) is 15.5 Å². The first kappa shape index (κ1) is 17.0. The smallest absolute Gasteiger partial charge is 0.224 e. The molecule has 0 bridgehead atoms. The molecule has 6 nitrogen and oxygen atoms in total. The minimum absolute atomic E-state index is 0.00577. The zero-order valence-corrected chi connectivity index (χ0v) is 15.1. The van der Waals surface area contributed by atoms with Crippen LogP contribution in [0.15, 0.2) is 36.5 Å². The van der Waals surface area contributed by atoms with Gasteiger partial charge in [0.05, 0.1) is 17.1 Å². The first-order chi connectivity index (χ1) is 11.9. The molecular weight excluding hydrogens is 314 g/mol. The lowest BCUT2D eigenvalue weighted by atomic mass is 10.1. The summed E-state index contributed by atoms with van der Waals surface area (Å²) in [5.41, 5.74) is 5.83. The Balaban J connectivity index is 1.66. The van der Waals surface area contributed by atoms with Crippen molar-refractivity contribution in [3.8, 4) is 5.69 Å². The molecule has 2 aromatic heterocycles. The minimum atomic E-state index is -0.00577. The quantitative estimate of drug-likeness (QED) is 0.778. The fourth-order valence-corrected chi connectivity index (χ4v) is 2.97. The van der Waals surface area contributed by atoms with Gasteiger partial charge in [0.25, 0.3) is 0 Å². The SMILES string of the molecule is Cc1cc(C)n(-c2cccc(NC(=O)CCc3cn(C)nc3C)c2)n1. The predicted octanol–water partition coefficient (Wildman–Crippen LogP) is 3.10. The molecule has 2 heterocycles. The molecule has 0 aliphatic rings. The molecule has 0 saturated heterocycles. The Kier molecular flexibility index (Phi) is 4.70. The van der Waals surface area contributed by atoms with Crippen molar-refractivity contribution in [3.05, 3.63) is 59.2 Å². The Morgan fingerprint density at radius 3 is 2.60 bits per heavy atom. The van der Waals surface area contributed by atoms with Crippen LogP contribution in [0.4, 0.5) is 5.69 Å². The molecule has 0 aliphatic carbocycles. The second kappa shape index (κ2) is 6.93. The van der Waals surface area contributed by atoms with Crippen molar-refractivity contribution in [1.82, 2.24) is 19.6 Å². The van der Waals surface area contributed by atoms with Crippen molar-refractivity contribution in [2.75, 3.05) is 5.32 Å². The van der Waals surface area contributed by atoms with E-state index in [9.17, 15) is 4.79 Å². The Morgan fingerprint density at radius 2 is 1.96 bits per heavy atom. The Bertz CT molecular complexity index is 906. The minimum Gasteiger partial charge on any atom is -0.326 e. The number of anilines is 1. The molecule has 0 unspecified atom stereocenters. The molecule has 3 aromatic rings. The lowest BCUT2D eigenvalue weighted by molar-refractivity contribution is -0.116. The Labute approximate surface area is 147 Å². The molecule has 1 aromatic carbocycles. The number of rotatable bonds is 5. The van der Waals surface area contributed by atoms with E-state index < -0.39 is 0 Å². The van der Waals surface area contributed by atoms with Gasteiger partial charge in [-0.25, -0.2) is 4.68 Å². The van der Waals surface area contributed by atoms with Crippen LogP contribution >= 0.6 is 0 Å². The molecule has 6 heteroatoms. The Morgan fingerprint density at radius 1 is 1.16 bits per heavy atom. The largest absolute Gasteiger partial charge is 0.326 e. The molecular formula is C19H23N5O. The zero-order valence-electron chi connectivity index (χ0n) is 15.1. The zero-order chi connectivity index (χ0) is 18.0. The number of carbonyl (C=O) groups is 1. The van der Waals surface area contributed by atoms with Crippen LogP contribution in [-0.2, 0) is 18.3 Å². The van der Waals surface area contributed by atoms with E-state index in [0.29, 0.717) is 12.8 Å². The highest BCUT2D eigenvalue weighted by molar-refractivity contribution is 5.91. The fourth-order valence-electron chi connectivity index (χ4n) is 2.97. The topological polar surface area (TPSA) is 64.7 Å². The van der Waals surface area contributed by atoms with Gasteiger partial charge in [-0.2, -0.15) is 10.2 Å². The molecule has 0 spiro atoms. The van der Waals surface area contributed by atoms with E-state index >= 15 is 0 Å². The third-order valence-electron chi connectivity index (χ3n) is 4.12. The number of nitrogens with one attached hydrogen (secondary N) is 1. The second-order valence-corrected chi connectivity index (χ2v) is 6.35. The van der Waals surface area contributed by atoms with Crippen molar-refractivity contribution in [1.29, 1.82) is 0 Å². The Hall–Kier alpha value is -2.89. The van der Waals surface area contributed by atoms with E-state index in [4.69, 9.17) is 0 Å². The summed E-state index contributed by atoms with van der Waals surface area (Å²) in [6.07, 6.45) is 3.07. The number of amides is 1. The maximum absolute atomic E-state index is 12.3. The summed E-state index contributed by atoms with van der Waals surface area (Å²) in [7, 11) is 1.89. The van der Waals surface area contributed by atoms with Crippen molar-refractivity contribution < 1.29 is 4.79 Å². The third-order valence-corrected chi connectivity index (χ3v) is 4.12. The molecule has 0 aliphatic heterocycles. The molecule has 130 valence electrons. The van der Waals surface area contributed by atoms with Gasteiger partial charge in [-0.05, 0) is 57.0 Å². The van der Waals surface area contributed by atoms with E-state index in [1.807, 2.05) is 69.0 Å². The second-order valence-electron chi connectivity index (χ2n) is 6.35. The molecule has 3 rings (SSSR count). The van der Waals surface area contributed by atoms with Gasteiger partial charge in [0, 0.05) is 31.0 Å². The molecule has 0 saturated carbocycles. The van der Waals surface area contributed by atoms with Gasteiger partial charge in [-0.15, -0.1) is 0 Å². The maximum Gasteiger partial charge on any atom is 0.224 e. The van der Waals surface area contributed by atoms with E-state index in [1.165, 1.54) is 0 Å². The van der Waals surface area contributed by atoms with Crippen LogP contribution in [0, 0.1) is 20.8 Å². The summed E-state index contributed by atoms with van der Waals surface area (Å²) in [5, 5.41) is 11.8. The average molecular weight is 337 g/mol. The van der Waals surface area contributed by atoms with Gasteiger partial charge < -0.3 is 5.32 Å². The molecule has 25 heavy (non-hydrogen) atoms. The summed E-state index contributed by atoms with van der Waals surface area (Å²) in [6.45, 7) is 5.95. The van der Waals surface area contributed by atoms with Gasteiger partial charge in [0.2, 0.25) is 5.91 Å². The van der Waals surface area contributed by atoms with Gasteiger partial charge >= 0.3 is 0 Å². The van der Waals surface area contributed by atoms with Crippen LogP contribution < -0.4 is 5.32 Å². The maximum atomic E-state index is 12.3. The summed E-state index contributed by atoms with van der Waals surface area (Å²) in [5.74, 6) is -0.00577. The normalized spacial score (nSPS) is 10.9. The van der Waals surface area contributed by atoms with E-state index in [0.717, 1.165) is 34.0 Å². The molecule has 0 atom stereocenters. The monoisotopic (exact) mass is 337 g/mol. The summed E-state index contributed by atoms with van der Waals surface area (Å²) in [6, 6.07) is 9.76. The van der Waals surface area contributed by atoms with Crippen molar-refractivity contribution in [3.63, 3.8) is 0 Å². The number of nitrogens with zero attached hydrogens (tertiary/aromatic N) is 4. The average Bonchev–Trinajstić information content (AvgIpc) is 3.06. The molecule has 1 amide bonds. The first-order valence-electron chi connectivity index (χ1n) is 8.35. The lowest BCUT2D eigenvalue weighted by Crippen LogP contribution is -2.13. The van der Waals surface area contributed by atoms with Crippen molar-refractivity contribution in [2.24, 2.45) is 7.05 Å². The van der Waals surface area contributed by atoms with Crippen LogP contribution in [0.3, 0.4) is 0 Å². The van der Waals surface area contributed by atoms with Gasteiger partial charge in [-0.3, -0.25) is 9.48 Å². The number of hydrogen-bond acceptors (Lipinski definition) is 3. The molecule has 0 radical (unpaired) electrons. The number of aromatic nitrogens is 4. The van der Waals surface area contributed by atoms with Crippen LogP contribution in [0.25, 0.3) is 5.69 Å². The van der Waals surface area contributed by atoms with Crippen molar-refractivity contribution >= 4 is 11.6 Å². The summed E-state index contributed by atoms with van der Waals surface area (Å²) < 4.78 is 3.66.